The number of thiazole rings is 1. The molecule has 1 saturated heterocycles. The topological polar surface area (TPSA) is 34.6 Å². The summed E-state index contributed by atoms with van der Waals surface area (Å²) in [5.41, 5.74) is 2.32. The summed E-state index contributed by atoms with van der Waals surface area (Å²) in [6, 6.07) is 8.18. The summed E-state index contributed by atoms with van der Waals surface area (Å²) < 4.78 is 10.9. The zero-order valence-corrected chi connectivity index (χ0v) is 14.6. The molecular formula is C18H24N2O2S. The van der Waals surface area contributed by atoms with Gasteiger partial charge in [-0.3, -0.25) is 4.90 Å². The molecule has 0 saturated carbocycles. The molecule has 3 rings (SSSR count). The zero-order chi connectivity index (χ0) is 16.1. The molecule has 0 bridgehead atoms. The molecule has 2 aromatic rings. The van der Waals surface area contributed by atoms with Gasteiger partial charge in [0.05, 0.1) is 18.4 Å². The molecule has 0 radical (unpaired) electrons. The lowest BCUT2D eigenvalue weighted by Crippen LogP contribution is -2.36. The van der Waals surface area contributed by atoms with E-state index in [0.29, 0.717) is 12.7 Å². The van der Waals surface area contributed by atoms with Crippen LogP contribution in [0.3, 0.4) is 0 Å². The van der Waals surface area contributed by atoms with Crippen molar-refractivity contribution in [3.05, 3.63) is 35.3 Å². The van der Waals surface area contributed by atoms with Crippen LogP contribution in [0, 0.1) is 0 Å². The standard InChI is InChI=1S/C18H24N2O2S/c1-3-22-17-6-4-14(5-7-17)18-19-15(13-23-18)12-20-10-8-16(21-2)9-11-20/h4-7,13,16H,3,8-12H2,1-2H3. The lowest BCUT2D eigenvalue weighted by Gasteiger charge is -2.30. The summed E-state index contributed by atoms with van der Waals surface area (Å²) in [4.78, 5) is 7.26. The lowest BCUT2D eigenvalue weighted by atomic mass is 10.1. The quantitative estimate of drug-likeness (QED) is 0.805. The predicted molar refractivity (Wildman–Crippen MR) is 94.0 cm³/mol. The summed E-state index contributed by atoms with van der Waals surface area (Å²) in [7, 11) is 1.81. The number of methoxy groups -OCH3 is 1. The second-order valence-electron chi connectivity index (χ2n) is 5.81. The van der Waals surface area contributed by atoms with E-state index in [4.69, 9.17) is 14.5 Å². The lowest BCUT2D eigenvalue weighted by molar-refractivity contribution is 0.0386. The van der Waals surface area contributed by atoms with Gasteiger partial charge in [0.25, 0.3) is 0 Å². The Kier molecular flexibility index (Phi) is 5.65. The molecule has 1 fully saturated rings. The number of likely N-dealkylation sites (tertiary alicyclic amines) is 1. The van der Waals surface area contributed by atoms with Gasteiger partial charge >= 0.3 is 0 Å². The third-order valence-corrected chi connectivity index (χ3v) is 5.16. The molecule has 0 spiro atoms. The molecule has 1 aliphatic heterocycles. The van der Waals surface area contributed by atoms with Gasteiger partial charge in [0.2, 0.25) is 0 Å². The highest BCUT2D eigenvalue weighted by molar-refractivity contribution is 7.13. The molecule has 0 amide bonds. The van der Waals surface area contributed by atoms with Gasteiger partial charge in [-0.1, -0.05) is 0 Å². The summed E-state index contributed by atoms with van der Waals surface area (Å²) in [5, 5.41) is 3.25. The molecule has 0 unspecified atom stereocenters. The molecule has 1 aliphatic rings. The second-order valence-corrected chi connectivity index (χ2v) is 6.67. The van der Waals surface area contributed by atoms with Crippen molar-refractivity contribution in [1.82, 2.24) is 9.88 Å². The second kappa shape index (κ2) is 7.90. The first-order valence-corrected chi connectivity index (χ1v) is 9.09. The van der Waals surface area contributed by atoms with Crippen molar-refractivity contribution >= 4 is 11.3 Å². The van der Waals surface area contributed by atoms with Crippen molar-refractivity contribution in [3.63, 3.8) is 0 Å². The van der Waals surface area contributed by atoms with Crippen LogP contribution in [0.15, 0.2) is 29.6 Å². The fraction of sp³-hybridized carbons (Fsp3) is 0.500. The van der Waals surface area contributed by atoms with Gasteiger partial charge in [0.1, 0.15) is 10.8 Å². The Bertz CT molecular complexity index is 604. The molecule has 0 aliphatic carbocycles. The van der Waals surface area contributed by atoms with E-state index in [9.17, 15) is 0 Å². The number of rotatable bonds is 6. The van der Waals surface area contributed by atoms with Gasteiger partial charge in [-0.25, -0.2) is 4.98 Å². The highest BCUT2D eigenvalue weighted by atomic mass is 32.1. The first-order chi connectivity index (χ1) is 11.3. The van der Waals surface area contributed by atoms with Crippen LogP contribution in [-0.4, -0.2) is 42.8 Å². The number of piperidine rings is 1. The predicted octanol–water partition coefficient (Wildman–Crippen LogP) is 3.82. The van der Waals surface area contributed by atoms with E-state index >= 15 is 0 Å². The van der Waals surface area contributed by atoms with Gasteiger partial charge in [-0.05, 0) is 44.0 Å². The zero-order valence-electron chi connectivity index (χ0n) is 13.8. The molecule has 1 aromatic carbocycles. The Hall–Kier alpha value is -1.43. The average molecular weight is 332 g/mol. The van der Waals surface area contributed by atoms with Crippen LogP contribution in [0.1, 0.15) is 25.5 Å². The van der Waals surface area contributed by atoms with Crippen LogP contribution in [0.4, 0.5) is 0 Å². The van der Waals surface area contributed by atoms with E-state index in [1.807, 2.05) is 26.2 Å². The Labute approximate surface area is 142 Å². The summed E-state index contributed by atoms with van der Waals surface area (Å²) in [5.74, 6) is 0.911. The smallest absolute Gasteiger partial charge is 0.123 e. The van der Waals surface area contributed by atoms with E-state index in [0.717, 1.165) is 54.5 Å². The minimum absolute atomic E-state index is 0.432. The number of ether oxygens (including phenoxy) is 2. The third-order valence-electron chi connectivity index (χ3n) is 4.22. The molecular weight excluding hydrogens is 308 g/mol. The molecule has 1 aromatic heterocycles. The van der Waals surface area contributed by atoms with Crippen LogP contribution >= 0.6 is 11.3 Å². The highest BCUT2D eigenvalue weighted by Gasteiger charge is 2.19. The maximum atomic E-state index is 5.49. The van der Waals surface area contributed by atoms with E-state index in [1.165, 1.54) is 0 Å². The highest BCUT2D eigenvalue weighted by Crippen LogP contribution is 2.26. The molecule has 0 atom stereocenters. The Morgan fingerprint density at radius 3 is 2.61 bits per heavy atom. The maximum absolute atomic E-state index is 5.49. The van der Waals surface area contributed by atoms with Crippen molar-refractivity contribution in [1.29, 1.82) is 0 Å². The minimum Gasteiger partial charge on any atom is -0.494 e. The Balaban J connectivity index is 1.59. The molecule has 124 valence electrons. The van der Waals surface area contributed by atoms with Gasteiger partial charge in [0.15, 0.2) is 0 Å². The van der Waals surface area contributed by atoms with Crippen molar-refractivity contribution in [2.75, 3.05) is 26.8 Å². The Morgan fingerprint density at radius 2 is 1.96 bits per heavy atom. The van der Waals surface area contributed by atoms with Crippen LogP contribution in [0.2, 0.25) is 0 Å². The van der Waals surface area contributed by atoms with Crippen molar-refractivity contribution < 1.29 is 9.47 Å². The molecule has 0 N–H and O–H groups in total. The molecule has 23 heavy (non-hydrogen) atoms. The number of hydrogen-bond acceptors (Lipinski definition) is 5. The average Bonchev–Trinajstić information content (AvgIpc) is 3.05. The number of benzene rings is 1. The van der Waals surface area contributed by atoms with Crippen LogP contribution < -0.4 is 4.74 Å². The van der Waals surface area contributed by atoms with Crippen molar-refractivity contribution in [2.45, 2.75) is 32.4 Å². The van der Waals surface area contributed by atoms with Crippen LogP contribution in [-0.2, 0) is 11.3 Å². The normalized spacial score (nSPS) is 16.6. The fourth-order valence-electron chi connectivity index (χ4n) is 2.90. The number of aromatic nitrogens is 1. The third kappa shape index (κ3) is 4.31. The van der Waals surface area contributed by atoms with E-state index < -0.39 is 0 Å². The summed E-state index contributed by atoms with van der Waals surface area (Å²) >= 11 is 1.71. The molecule has 5 heteroatoms. The van der Waals surface area contributed by atoms with Gasteiger partial charge in [0, 0.05) is 37.7 Å². The first kappa shape index (κ1) is 16.4. The number of nitrogens with zero attached hydrogens (tertiary/aromatic N) is 2. The van der Waals surface area contributed by atoms with Crippen molar-refractivity contribution in [3.8, 4) is 16.3 Å². The largest absolute Gasteiger partial charge is 0.494 e. The van der Waals surface area contributed by atoms with Crippen molar-refractivity contribution in [2.24, 2.45) is 0 Å². The maximum Gasteiger partial charge on any atom is 0.123 e. The minimum atomic E-state index is 0.432. The SMILES string of the molecule is CCOc1ccc(-c2nc(CN3CCC(OC)CC3)cs2)cc1. The Morgan fingerprint density at radius 1 is 1.22 bits per heavy atom. The first-order valence-electron chi connectivity index (χ1n) is 8.21. The summed E-state index contributed by atoms with van der Waals surface area (Å²) in [6.45, 7) is 5.81. The molecule has 4 nitrogen and oxygen atoms in total. The van der Waals surface area contributed by atoms with Gasteiger partial charge < -0.3 is 9.47 Å². The van der Waals surface area contributed by atoms with Gasteiger partial charge in [-0.15, -0.1) is 11.3 Å². The van der Waals surface area contributed by atoms with Crippen LogP contribution in [0.25, 0.3) is 10.6 Å². The summed E-state index contributed by atoms with van der Waals surface area (Å²) in [6.07, 6.45) is 2.67. The fourth-order valence-corrected chi connectivity index (χ4v) is 3.72. The van der Waals surface area contributed by atoms with Gasteiger partial charge in [-0.2, -0.15) is 0 Å². The van der Waals surface area contributed by atoms with E-state index in [2.05, 4.69) is 22.4 Å². The van der Waals surface area contributed by atoms with E-state index in [1.54, 1.807) is 11.3 Å². The number of hydrogen-bond donors (Lipinski definition) is 0. The molecule has 2 heterocycles. The van der Waals surface area contributed by atoms with Crippen LogP contribution in [0.5, 0.6) is 5.75 Å². The van der Waals surface area contributed by atoms with E-state index in [-0.39, 0.29) is 0 Å². The monoisotopic (exact) mass is 332 g/mol.